The van der Waals surface area contributed by atoms with Crippen LogP contribution in [0.15, 0.2) is 0 Å². The molecular formula is C7H12Br2Cl2O4. The number of carbonyl (C=O) groups is 2. The Hall–Kier alpha value is 0.480. The third-order valence-electron chi connectivity index (χ3n) is 1.86. The number of halogens is 4. The second-order valence-corrected chi connectivity index (χ2v) is 5.04. The van der Waals surface area contributed by atoms with Crippen LogP contribution in [0.25, 0.3) is 0 Å². The van der Waals surface area contributed by atoms with Gasteiger partial charge in [0.25, 0.3) is 0 Å². The van der Waals surface area contributed by atoms with Crippen LogP contribution in [0.5, 0.6) is 0 Å². The summed E-state index contributed by atoms with van der Waals surface area (Å²) in [5.41, 5.74) is -0.926. The molecule has 4 nitrogen and oxygen atoms in total. The van der Waals surface area contributed by atoms with Gasteiger partial charge in [-0.2, -0.15) is 0 Å². The lowest BCUT2D eigenvalue weighted by Crippen LogP contribution is -2.53. The van der Waals surface area contributed by atoms with Crippen LogP contribution in [0.3, 0.4) is 0 Å². The van der Waals surface area contributed by atoms with Gasteiger partial charge in [-0.1, -0.05) is 45.7 Å². The third kappa shape index (κ3) is 3.76. The maximum absolute atomic E-state index is 10.8. The molecule has 0 amide bonds. The lowest BCUT2D eigenvalue weighted by Gasteiger charge is -2.33. The van der Waals surface area contributed by atoms with E-state index in [0.29, 0.717) is 0 Å². The summed E-state index contributed by atoms with van der Waals surface area (Å²) in [6.07, 6.45) is 0. The Balaban J connectivity index is -0.000000720. The van der Waals surface area contributed by atoms with Gasteiger partial charge in [-0.25, -0.2) is 0 Å². The highest BCUT2D eigenvalue weighted by Gasteiger charge is 2.55. The molecule has 0 spiro atoms. The van der Waals surface area contributed by atoms with Crippen molar-refractivity contribution in [3.63, 3.8) is 0 Å². The van der Waals surface area contributed by atoms with Crippen molar-refractivity contribution >= 4 is 68.6 Å². The van der Waals surface area contributed by atoms with Gasteiger partial charge in [-0.15, -0.1) is 24.8 Å². The lowest BCUT2D eigenvalue weighted by atomic mass is 9.80. The summed E-state index contributed by atoms with van der Waals surface area (Å²) in [5.74, 6) is -2.80. The third-order valence-corrected chi connectivity index (χ3v) is 5.01. The van der Waals surface area contributed by atoms with E-state index in [9.17, 15) is 9.59 Å². The molecule has 0 aromatic rings. The minimum atomic E-state index is -1.95. The van der Waals surface area contributed by atoms with Crippen LogP contribution in [-0.4, -0.2) is 31.8 Å². The number of rotatable bonds is 4. The summed E-state index contributed by atoms with van der Waals surface area (Å²) in [6, 6.07) is 0. The SMILES string of the molecule is CC(C)(CBr)C(Br)(C(=O)O)C(=O)O.Cl.Cl. The normalized spacial score (nSPS) is 10.9. The minimum Gasteiger partial charge on any atom is -0.480 e. The molecule has 0 aliphatic carbocycles. The average molecular weight is 391 g/mol. The molecule has 0 radical (unpaired) electrons. The van der Waals surface area contributed by atoms with Gasteiger partial charge < -0.3 is 10.2 Å². The zero-order valence-electron chi connectivity index (χ0n) is 7.99. The zero-order chi connectivity index (χ0) is 10.9. The van der Waals surface area contributed by atoms with E-state index >= 15 is 0 Å². The summed E-state index contributed by atoms with van der Waals surface area (Å²) in [5, 5.41) is 17.9. The molecule has 0 saturated carbocycles. The van der Waals surface area contributed by atoms with Crippen molar-refractivity contribution in [3.05, 3.63) is 0 Å². The molecule has 0 aromatic carbocycles. The quantitative estimate of drug-likeness (QED) is 0.571. The number of aliphatic carboxylic acids is 2. The van der Waals surface area contributed by atoms with Crippen LogP contribution in [0.1, 0.15) is 13.8 Å². The Bertz CT molecular complexity index is 231. The summed E-state index contributed by atoms with van der Waals surface area (Å²) >= 11 is 5.85. The van der Waals surface area contributed by atoms with Crippen LogP contribution in [0.2, 0.25) is 0 Å². The van der Waals surface area contributed by atoms with E-state index in [1.807, 2.05) is 0 Å². The second-order valence-electron chi connectivity index (χ2n) is 3.29. The zero-order valence-corrected chi connectivity index (χ0v) is 12.8. The summed E-state index contributed by atoms with van der Waals surface area (Å²) in [6.45, 7) is 3.11. The molecule has 8 heteroatoms. The molecule has 0 aliphatic rings. The van der Waals surface area contributed by atoms with Crippen molar-refractivity contribution in [1.82, 2.24) is 0 Å². The lowest BCUT2D eigenvalue weighted by molar-refractivity contribution is -0.155. The van der Waals surface area contributed by atoms with Crippen molar-refractivity contribution in [2.75, 3.05) is 5.33 Å². The van der Waals surface area contributed by atoms with E-state index < -0.39 is 21.7 Å². The number of carboxylic acid groups (broad SMARTS) is 2. The van der Waals surface area contributed by atoms with Crippen molar-refractivity contribution in [1.29, 1.82) is 0 Å². The molecule has 0 unspecified atom stereocenters. The topological polar surface area (TPSA) is 74.6 Å². The summed E-state index contributed by atoms with van der Waals surface area (Å²) < 4.78 is -1.95. The number of alkyl halides is 2. The second kappa shape index (κ2) is 6.93. The fourth-order valence-electron chi connectivity index (χ4n) is 0.763. The first-order valence-electron chi connectivity index (χ1n) is 3.42. The predicted octanol–water partition coefficient (Wildman–Crippen LogP) is 2.55. The van der Waals surface area contributed by atoms with Crippen molar-refractivity contribution < 1.29 is 19.8 Å². The van der Waals surface area contributed by atoms with E-state index in [1.54, 1.807) is 13.8 Å². The molecule has 15 heavy (non-hydrogen) atoms. The van der Waals surface area contributed by atoms with Crippen molar-refractivity contribution in [2.24, 2.45) is 5.41 Å². The highest BCUT2D eigenvalue weighted by atomic mass is 79.9. The van der Waals surface area contributed by atoms with Crippen molar-refractivity contribution in [2.45, 2.75) is 18.2 Å². The average Bonchev–Trinajstić information content (AvgIpc) is 2.01. The van der Waals surface area contributed by atoms with E-state index in [-0.39, 0.29) is 30.1 Å². The molecule has 0 fully saturated rings. The maximum Gasteiger partial charge on any atom is 0.332 e. The maximum atomic E-state index is 10.8. The molecule has 2 N–H and O–H groups in total. The standard InChI is InChI=1S/C7H10Br2O4.2ClH/c1-6(2,3-8)7(9,4(10)11)5(12)13;;/h3H2,1-2H3,(H,10,11)(H,12,13);2*1H. The predicted molar refractivity (Wildman–Crippen MR) is 69.0 cm³/mol. The Labute approximate surface area is 117 Å². The monoisotopic (exact) mass is 388 g/mol. The molecule has 0 heterocycles. The van der Waals surface area contributed by atoms with Crippen LogP contribution in [-0.2, 0) is 9.59 Å². The van der Waals surface area contributed by atoms with Gasteiger partial charge in [0.15, 0.2) is 0 Å². The number of hydrogen-bond acceptors (Lipinski definition) is 2. The molecule has 0 aliphatic heterocycles. The number of carboxylic acids is 2. The van der Waals surface area contributed by atoms with Gasteiger partial charge in [0.2, 0.25) is 4.32 Å². The fourth-order valence-corrected chi connectivity index (χ4v) is 1.70. The van der Waals surface area contributed by atoms with Crippen molar-refractivity contribution in [3.8, 4) is 0 Å². The van der Waals surface area contributed by atoms with Crippen LogP contribution >= 0.6 is 56.7 Å². The van der Waals surface area contributed by atoms with Gasteiger partial charge in [-0.3, -0.25) is 9.59 Å². The molecule has 0 atom stereocenters. The molecule has 0 aromatic heterocycles. The van der Waals surface area contributed by atoms with Crippen LogP contribution in [0.4, 0.5) is 0 Å². The summed E-state index contributed by atoms with van der Waals surface area (Å²) in [7, 11) is 0. The Morgan fingerprint density at radius 3 is 1.47 bits per heavy atom. The first kappa shape index (κ1) is 20.8. The highest BCUT2D eigenvalue weighted by Crippen LogP contribution is 2.40. The first-order valence-corrected chi connectivity index (χ1v) is 5.33. The van der Waals surface area contributed by atoms with Gasteiger partial charge in [0, 0.05) is 10.7 Å². The molecule has 0 rings (SSSR count). The van der Waals surface area contributed by atoms with E-state index in [1.165, 1.54) is 0 Å². The van der Waals surface area contributed by atoms with E-state index in [0.717, 1.165) is 0 Å². The van der Waals surface area contributed by atoms with E-state index in [2.05, 4.69) is 31.9 Å². The Morgan fingerprint density at radius 1 is 1.13 bits per heavy atom. The first-order chi connectivity index (χ1) is 5.70. The molecular weight excluding hydrogens is 379 g/mol. The highest BCUT2D eigenvalue weighted by molar-refractivity contribution is 9.10. The van der Waals surface area contributed by atoms with Gasteiger partial charge >= 0.3 is 11.9 Å². The molecule has 92 valence electrons. The van der Waals surface area contributed by atoms with Crippen LogP contribution in [0, 0.1) is 5.41 Å². The van der Waals surface area contributed by atoms with E-state index in [4.69, 9.17) is 10.2 Å². The molecule has 0 bridgehead atoms. The summed E-state index contributed by atoms with van der Waals surface area (Å²) in [4.78, 5) is 21.6. The van der Waals surface area contributed by atoms with Gasteiger partial charge in [0.1, 0.15) is 0 Å². The Kier molecular flexibility index (Phi) is 9.63. The smallest absolute Gasteiger partial charge is 0.332 e. The number of hydrogen-bond donors (Lipinski definition) is 2. The fraction of sp³-hybridized carbons (Fsp3) is 0.714. The van der Waals surface area contributed by atoms with Gasteiger partial charge in [0.05, 0.1) is 0 Å². The largest absolute Gasteiger partial charge is 0.480 e. The molecule has 0 saturated heterocycles. The van der Waals surface area contributed by atoms with Crippen LogP contribution < -0.4 is 0 Å². The Morgan fingerprint density at radius 2 is 1.40 bits per heavy atom. The van der Waals surface area contributed by atoms with Gasteiger partial charge in [-0.05, 0) is 0 Å². The minimum absolute atomic E-state index is 0.